The number of para-hydroxylation sites is 1. The van der Waals surface area contributed by atoms with E-state index in [9.17, 15) is 13.6 Å². The van der Waals surface area contributed by atoms with Crippen molar-refractivity contribution in [2.75, 3.05) is 45.1 Å². The molecule has 7 heteroatoms. The summed E-state index contributed by atoms with van der Waals surface area (Å²) >= 11 is 0. The molecule has 1 aliphatic rings. The average Bonchev–Trinajstić information content (AvgIpc) is 2.42. The van der Waals surface area contributed by atoms with E-state index in [2.05, 4.69) is 15.6 Å². The van der Waals surface area contributed by atoms with Crippen LogP contribution in [0.5, 0.6) is 0 Å². The number of hydrogen-bond donors (Lipinski definition) is 2. The van der Waals surface area contributed by atoms with Crippen molar-refractivity contribution in [1.29, 1.82) is 0 Å². The minimum atomic E-state index is -0.780. The summed E-state index contributed by atoms with van der Waals surface area (Å²) in [7, 11) is 2.03. The first-order valence-corrected chi connectivity index (χ1v) is 6.47. The molecular formula is C13H18F2N4O. The molecule has 1 saturated heterocycles. The van der Waals surface area contributed by atoms with Crippen molar-refractivity contribution in [2.45, 2.75) is 0 Å². The van der Waals surface area contributed by atoms with Gasteiger partial charge >= 0.3 is 0 Å². The number of carbonyl (C=O) groups excluding carboxylic acids is 1. The van der Waals surface area contributed by atoms with Crippen molar-refractivity contribution in [2.24, 2.45) is 0 Å². The third kappa shape index (κ3) is 3.96. The Morgan fingerprint density at radius 2 is 1.80 bits per heavy atom. The maximum absolute atomic E-state index is 13.4. The summed E-state index contributed by atoms with van der Waals surface area (Å²) in [6.45, 7) is 3.42. The van der Waals surface area contributed by atoms with E-state index in [1.807, 2.05) is 12.1 Å². The number of hydrazine groups is 1. The zero-order valence-electron chi connectivity index (χ0n) is 11.3. The van der Waals surface area contributed by atoms with Crippen LogP contribution < -0.4 is 10.7 Å². The lowest BCUT2D eigenvalue weighted by Gasteiger charge is -2.32. The molecule has 1 aromatic rings. The van der Waals surface area contributed by atoms with Crippen LogP contribution in [0.25, 0.3) is 0 Å². The van der Waals surface area contributed by atoms with Gasteiger partial charge in [-0.2, -0.15) is 0 Å². The molecule has 0 radical (unpaired) electrons. The van der Waals surface area contributed by atoms with Gasteiger partial charge in [-0.05, 0) is 19.2 Å². The normalized spacial score (nSPS) is 17.1. The highest BCUT2D eigenvalue weighted by molar-refractivity contribution is 5.92. The molecule has 0 aromatic heterocycles. The molecule has 0 unspecified atom stereocenters. The van der Waals surface area contributed by atoms with E-state index in [0.717, 1.165) is 38.3 Å². The molecule has 1 heterocycles. The summed E-state index contributed by atoms with van der Waals surface area (Å²) in [5, 5.41) is 4.17. The van der Waals surface area contributed by atoms with E-state index < -0.39 is 23.2 Å². The van der Waals surface area contributed by atoms with Crippen LogP contribution in [0.1, 0.15) is 0 Å². The zero-order chi connectivity index (χ0) is 14.5. The van der Waals surface area contributed by atoms with Crippen LogP contribution in [-0.2, 0) is 4.79 Å². The lowest BCUT2D eigenvalue weighted by atomic mass is 10.3. The Balaban J connectivity index is 1.81. The SMILES string of the molecule is CN1CCN(NCC(=O)Nc2c(F)cccc2F)CC1. The summed E-state index contributed by atoms with van der Waals surface area (Å²) in [5.41, 5.74) is 2.55. The first-order chi connectivity index (χ1) is 9.56. The van der Waals surface area contributed by atoms with E-state index in [1.165, 1.54) is 6.07 Å². The molecule has 0 aliphatic carbocycles. The first kappa shape index (κ1) is 14.8. The second kappa shape index (κ2) is 6.74. The third-order valence-corrected chi connectivity index (χ3v) is 3.19. The van der Waals surface area contributed by atoms with Crippen LogP contribution in [0, 0.1) is 11.6 Å². The summed E-state index contributed by atoms with van der Waals surface area (Å²) in [5.74, 6) is -2.04. The molecular weight excluding hydrogens is 266 g/mol. The van der Waals surface area contributed by atoms with Crippen molar-refractivity contribution < 1.29 is 13.6 Å². The highest BCUT2D eigenvalue weighted by Gasteiger charge is 2.15. The number of hydrogen-bond acceptors (Lipinski definition) is 4. The van der Waals surface area contributed by atoms with Gasteiger partial charge < -0.3 is 10.2 Å². The van der Waals surface area contributed by atoms with Crippen LogP contribution in [0.15, 0.2) is 18.2 Å². The number of halogens is 2. The number of rotatable bonds is 4. The number of nitrogens with one attached hydrogen (secondary N) is 2. The minimum Gasteiger partial charge on any atom is -0.320 e. The predicted octanol–water partition coefficient (Wildman–Crippen LogP) is 0.655. The standard InChI is InChI=1S/C13H18F2N4O/c1-18-5-7-19(8-6-18)16-9-12(20)17-13-10(14)3-2-4-11(13)15/h2-4,16H,5-9H2,1H3,(H,17,20). The van der Waals surface area contributed by atoms with Gasteiger partial charge in [0.2, 0.25) is 5.91 Å². The number of piperazine rings is 1. The van der Waals surface area contributed by atoms with Crippen molar-refractivity contribution in [3.05, 3.63) is 29.8 Å². The number of carbonyl (C=O) groups is 1. The summed E-state index contributed by atoms with van der Waals surface area (Å²) in [4.78, 5) is 13.9. The lowest BCUT2D eigenvalue weighted by molar-refractivity contribution is -0.116. The molecule has 110 valence electrons. The van der Waals surface area contributed by atoms with Gasteiger partial charge in [0, 0.05) is 26.2 Å². The van der Waals surface area contributed by atoms with E-state index in [1.54, 1.807) is 0 Å². The molecule has 1 amide bonds. The minimum absolute atomic E-state index is 0.0164. The van der Waals surface area contributed by atoms with Crippen molar-refractivity contribution in [3.8, 4) is 0 Å². The van der Waals surface area contributed by atoms with Crippen molar-refractivity contribution in [1.82, 2.24) is 15.3 Å². The molecule has 1 fully saturated rings. The molecule has 5 nitrogen and oxygen atoms in total. The van der Waals surface area contributed by atoms with E-state index in [-0.39, 0.29) is 6.54 Å². The quantitative estimate of drug-likeness (QED) is 0.852. The average molecular weight is 284 g/mol. The Hall–Kier alpha value is -1.57. The van der Waals surface area contributed by atoms with Crippen LogP contribution in [0.3, 0.4) is 0 Å². The number of benzene rings is 1. The van der Waals surface area contributed by atoms with Crippen molar-refractivity contribution in [3.63, 3.8) is 0 Å². The molecule has 0 atom stereocenters. The number of amides is 1. The highest BCUT2D eigenvalue weighted by atomic mass is 19.1. The van der Waals surface area contributed by atoms with Gasteiger partial charge in [-0.1, -0.05) is 6.07 Å². The summed E-state index contributed by atoms with van der Waals surface area (Å²) in [6.07, 6.45) is 0. The van der Waals surface area contributed by atoms with E-state index >= 15 is 0 Å². The third-order valence-electron chi connectivity index (χ3n) is 3.19. The molecule has 2 N–H and O–H groups in total. The van der Waals surface area contributed by atoms with Crippen LogP contribution >= 0.6 is 0 Å². The molecule has 0 bridgehead atoms. The Labute approximate surface area is 116 Å². The van der Waals surface area contributed by atoms with Gasteiger partial charge in [-0.25, -0.2) is 19.2 Å². The molecule has 1 aromatic carbocycles. The van der Waals surface area contributed by atoms with E-state index in [4.69, 9.17) is 0 Å². The molecule has 0 saturated carbocycles. The van der Waals surface area contributed by atoms with Gasteiger partial charge in [0.05, 0.1) is 6.54 Å². The largest absolute Gasteiger partial charge is 0.320 e. The van der Waals surface area contributed by atoms with Gasteiger partial charge in [-0.15, -0.1) is 0 Å². The number of nitrogens with zero attached hydrogens (tertiary/aromatic N) is 2. The Morgan fingerprint density at radius 1 is 1.20 bits per heavy atom. The predicted molar refractivity (Wildman–Crippen MR) is 72.1 cm³/mol. The Morgan fingerprint density at radius 3 is 2.40 bits per heavy atom. The molecule has 0 spiro atoms. The van der Waals surface area contributed by atoms with Gasteiger partial charge in [-0.3, -0.25) is 4.79 Å². The Kier molecular flexibility index (Phi) is 4.99. The topological polar surface area (TPSA) is 47.6 Å². The fourth-order valence-corrected chi connectivity index (χ4v) is 1.95. The fraction of sp³-hybridized carbons (Fsp3) is 0.462. The van der Waals surface area contributed by atoms with Crippen LogP contribution in [-0.4, -0.2) is 55.6 Å². The molecule has 20 heavy (non-hydrogen) atoms. The van der Waals surface area contributed by atoms with Gasteiger partial charge in [0.1, 0.15) is 17.3 Å². The first-order valence-electron chi connectivity index (χ1n) is 6.47. The smallest absolute Gasteiger partial charge is 0.239 e. The van der Waals surface area contributed by atoms with Gasteiger partial charge in [0.25, 0.3) is 0 Å². The highest BCUT2D eigenvalue weighted by Crippen LogP contribution is 2.17. The second-order valence-electron chi connectivity index (χ2n) is 4.77. The number of likely N-dealkylation sites (N-methyl/N-ethyl adjacent to an activating group) is 1. The fourth-order valence-electron chi connectivity index (χ4n) is 1.95. The van der Waals surface area contributed by atoms with Crippen LogP contribution in [0.4, 0.5) is 14.5 Å². The van der Waals surface area contributed by atoms with Crippen LogP contribution in [0.2, 0.25) is 0 Å². The lowest BCUT2D eigenvalue weighted by Crippen LogP contribution is -2.52. The van der Waals surface area contributed by atoms with Crippen molar-refractivity contribution >= 4 is 11.6 Å². The summed E-state index contributed by atoms with van der Waals surface area (Å²) < 4.78 is 26.7. The summed E-state index contributed by atoms with van der Waals surface area (Å²) in [6, 6.07) is 3.46. The van der Waals surface area contributed by atoms with Gasteiger partial charge in [0.15, 0.2) is 0 Å². The zero-order valence-corrected chi connectivity index (χ0v) is 11.3. The monoisotopic (exact) mass is 284 g/mol. The van der Waals surface area contributed by atoms with E-state index in [0.29, 0.717) is 0 Å². The molecule has 2 rings (SSSR count). The Bertz CT molecular complexity index is 455. The number of anilines is 1. The maximum atomic E-state index is 13.4. The maximum Gasteiger partial charge on any atom is 0.239 e. The second-order valence-corrected chi connectivity index (χ2v) is 4.77. The molecule has 1 aliphatic heterocycles.